The number of rotatable bonds is 6. The van der Waals surface area contributed by atoms with Crippen molar-refractivity contribution < 1.29 is 0 Å². The summed E-state index contributed by atoms with van der Waals surface area (Å²) in [5, 5.41) is 10.0. The Morgan fingerprint density at radius 2 is 0.854 bits per heavy atom. The third-order valence-corrected chi connectivity index (χ3v) is 24.2. The number of benzene rings is 3. The lowest BCUT2D eigenvalue weighted by molar-refractivity contribution is 0.838. The van der Waals surface area contributed by atoms with Gasteiger partial charge >= 0.3 is 0 Å². The molecule has 0 bridgehead atoms. The Morgan fingerprint density at radius 3 is 1.15 bits per heavy atom. The SMILES string of the molecule is CC(C)[Si](C#Cc1c2ccccc2c(C#C[Si](C(C)C)(C(C)C)C(C)C)c2nc3c(nc12)Nc1cc(Cl)c(Cl)cc1N3)(C(C)C)C(C)C. The standard InChI is InChI=1S/C40H50Cl2N4Si2/c1-23(2)47(24(3)4,25(5)6)19-17-31-29-15-13-14-16-30(29)32(18-20-48(26(7)8,27(9)10)28(11)12)38-37(31)45-39-40(46-38)44-36-22-34(42)33(41)21-35(36)43-39/h13-16,21-28H,1-12H3,(H,43,45)(H,44,46). The molecule has 0 saturated carbocycles. The van der Waals surface area contributed by atoms with Crippen molar-refractivity contribution in [1.29, 1.82) is 0 Å². The number of anilines is 4. The molecule has 1 aromatic heterocycles. The first-order chi connectivity index (χ1) is 22.6. The van der Waals surface area contributed by atoms with E-state index in [0.717, 1.165) is 44.3 Å². The van der Waals surface area contributed by atoms with E-state index in [1.54, 1.807) is 0 Å². The van der Waals surface area contributed by atoms with Gasteiger partial charge in [-0.1, -0.05) is 142 Å². The summed E-state index contributed by atoms with van der Waals surface area (Å²) in [5.41, 5.74) is 16.0. The molecular formula is C40H50Cl2N4Si2. The minimum atomic E-state index is -2.05. The maximum absolute atomic E-state index is 6.42. The van der Waals surface area contributed by atoms with Gasteiger partial charge in [0.1, 0.15) is 27.2 Å². The van der Waals surface area contributed by atoms with Crippen LogP contribution < -0.4 is 10.6 Å². The molecular weight excluding hydrogens is 664 g/mol. The fraction of sp³-hybridized carbons (Fsp3) is 0.450. The fourth-order valence-electron chi connectivity index (χ4n) is 8.60. The quantitative estimate of drug-likeness (QED) is 0.104. The van der Waals surface area contributed by atoms with Crippen LogP contribution in [0.5, 0.6) is 0 Å². The minimum Gasteiger partial charge on any atom is -0.335 e. The van der Waals surface area contributed by atoms with Crippen LogP contribution >= 0.6 is 23.2 Å². The molecule has 0 radical (unpaired) electrons. The Kier molecular flexibility index (Phi) is 10.4. The zero-order valence-corrected chi connectivity index (χ0v) is 34.1. The Morgan fingerprint density at radius 1 is 0.542 bits per heavy atom. The lowest BCUT2D eigenvalue weighted by Gasteiger charge is -2.38. The van der Waals surface area contributed by atoms with Crippen LogP contribution in [0.25, 0.3) is 21.8 Å². The van der Waals surface area contributed by atoms with E-state index in [1.807, 2.05) is 12.1 Å². The predicted molar refractivity (Wildman–Crippen MR) is 216 cm³/mol. The summed E-state index contributed by atoms with van der Waals surface area (Å²) < 4.78 is 0. The topological polar surface area (TPSA) is 49.8 Å². The largest absolute Gasteiger partial charge is 0.335 e. The molecule has 4 aromatic rings. The molecule has 4 nitrogen and oxygen atoms in total. The van der Waals surface area contributed by atoms with E-state index in [1.165, 1.54) is 0 Å². The number of fused-ring (bicyclic) bond motifs is 4. The Labute approximate surface area is 300 Å². The van der Waals surface area contributed by atoms with Gasteiger partial charge in [0.25, 0.3) is 0 Å². The van der Waals surface area contributed by atoms with E-state index in [2.05, 4.69) is 141 Å². The number of halogens is 2. The number of nitrogens with zero attached hydrogens (tertiary/aromatic N) is 2. The zero-order chi connectivity index (χ0) is 35.3. The van der Waals surface area contributed by atoms with Crippen molar-refractivity contribution in [2.75, 3.05) is 10.6 Å². The molecule has 0 atom stereocenters. The summed E-state index contributed by atoms with van der Waals surface area (Å²) in [6.45, 7) is 28.2. The van der Waals surface area contributed by atoms with E-state index < -0.39 is 16.1 Å². The van der Waals surface area contributed by atoms with Gasteiger partial charge in [0, 0.05) is 10.8 Å². The van der Waals surface area contributed by atoms with E-state index in [0.29, 0.717) is 54.9 Å². The number of aromatic nitrogens is 2. The third kappa shape index (κ3) is 6.04. The Hall–Kier alpha value is -3.01. The van der Waals surface area contributed by atoms with Crippen molar-refractivity contribution in [2.24, 2.45) is 0 Å². The van der Waals surface area contributed by atoms with Crippen LogP contribution in [0.15, 0.2) is 36.4 Å². The molecule has 2 N–H and O–H groups in total. The Bertz CT molecular complexity index is 1820. The second-order valence-corrected chi connectivity index (χ2v) is 27.2. The molecule has 0 aliphatic carbocycles. The first kappa shape index (κ1) is 36.3. The van der Waals surface area contributed by atoms with Crippen molar-refractivity contribution in [3.63, 3.8) is 0 Å². The van der Waals surface area contributed by atoms with Gasteiger partial charge in [-0.15, -0.1) is 11.1 Å². The molecule has 252 valence electrons. The Balaban J connectivity index is 1.91. The normalized spacial score (nSPS) is 13.1. The molecule has 0 saturated heterocycles. The van der Waals surface area contributed by atoms with Gasteiger partial charge in [0.2, 0.25) is 0 Å². The number of hydrogen-bond donors (Lipinski definition) is 2. The maximum atomic E-state index is 6.42. The minimum absolute atomic E-state index is 0.475. The van der Waals surface area contributed by atoms with Crippen LogP contribution in [-0.4, -0.2) is 26.1 Å². The van der Waals surface area contributed by atoms with Crippen LogP contribution in [0.3, 0.4) is 0 Å². The van der Waals surface area contributed by atoms with Gasteiger partial charge in [-0.25, -0.2) is 9.97 Å². The predicted octanol–water partition coefficient (Wildman–Crippen LogP) is 13.0. The zero-order valence-electron chi connectivity index (χ0n) is 30.6. The van der Waals surface area contributed by atoms with Gasteiger partial charge in [0.05, 0.1) is 32.5 Å². The van der Waals surface area contributed by atoms with Crippen molar-refractivity contribution >= 4 is 84.2 Å². The molecule has 2 heterocycles. The summed E-state index contributed by atoms with van der Waals surface area (Å²) in [5.74, 6) is 8.84. The summed E-state index contributed by atoms with van der Waals surface area (Å²) in [4.78, 5) is 10.6. The fourth-order valence-corrected chi connectivity index (χ4v) is 19.3. The van der Waals surface area contributed by atoms with Gasteiger partial charge in [-0.05, 0) is 45.4 Å². The third-order valence-electron chi connectivity index (χ3n) is 10.9. The highest BCUT2D eigenvalue weighted by molar-refractivity contribution is 6.91. The molecule has 8 heteroatoms. The molecule has 0 fully saturated rings. The smallest absolute Gasteiger partial charge is 0.174 e. The molecule has 3 aromatic carbocycles. The molecule has 1 aliphatic heterocycles. The lowest BCUT2D eigenvalue weighted by Crippen LogP contribution is -2.43. The van der Waals surface area contributed by atoms with Crippen LogP contribution in [-0.2, 0) is 0 Å². The van der Waals surface area contributed by atoms with Crippen LogP contribution in [0, 0.1) is 22.9 Å². The van der Waals surface area contributed by atoms with E-state index in [4.69, 9.17) is 33.2 Å². The van der Waals surface area contributed by atoms with Crippen molar-refractivity contribution in [3.8, 4) is 22.9 Å². The first-order valence-electron chi connectivity index (χ1n) is 17.4. The molecule has 0 amide bonds. The second kappa shape index (κ2) is 13.7. The van der Waals surface area contributed by atoms with Crippen LogP contribution in [0.1, 0.15) is 94.2 Å². The van der Waals surface area contributed by atoms with E-state index in [-0.39, 0.29) is 0 Å². The van der Waals surface area contributed by atoms with E-state index in [9.17, 15) is 0 Å². The van der Waals surface area contributed by atoms with Gasteiger partial charge in [-0.3, -0.25) is 0 Å². The molecule has 0 spiro atoms. The summed E-state index contributed by atoms with van der Waals surface area (Å²) in [7, 11) is -4.10. The number of hydrogen-bond acceptors (Lipinski definition) is 4. The average molecular weight is 714 g/mol. The van der Waals surface area contributed by atoms with Crippen molar-refractivity contribution in [1.82, 2.24) is 9.97 Å². The van der Waals surface area contributed by atoms with Gasteiger partial charge in [-0.2, -0.15) is 0 Å². The second-order valence-electron chi connectivity index (χ2n) is 15.3. The van der Waals surface area contributed by atoms with Crippen molar-refractivity contribution in [2.45, 2.75) is 116 Å². The monoisotopic (exact) mass is 712 g/mol. The van der Waals surface area contributed by atoms with Crippen LogP contribution in [0.4, 0.5) is 23.0 Å². The average Bonchev–Trinajstić information content (AvgIpc) is 3.00. The summed E-state index contributed by atoms with van der Waals surface area (Å²) in [6, 6.07) is 12.2. The highest BCUT2D eigenvalue weighted by atomic mass is 35.5. The molecule has 5 rings (SSSR count). The molecule has 48 heavy (non-hydrogen) atoms. The van der Waals surface area contributed by atoms with Crippen molar-refractivity contribution in [3.05, 3.63) is 57.6 Å². The summed E-state index contributed by atoms with van der Waals surface area (Å²) in [6.07, 6.45) is 0. The van der Waals surface area contributed by atoms with Gasteiger partial charge < -0.3 is 10.6 Å². The first-order valence-corrected chi connectivity index (χ1v) is 22.6. The maximum Gasteiger partial charge on any atom is 0.174 e. The summed E-state index contributed by atoms with van der Waals surface area (Å²) >= 11 is 12.8. The van der Waals surface area contributed by atoms with Crippen LogP contribution in [0.2, 0.25) is 43.3 Å². The highest BCUT2D eigenvalue weighted by Crippen LogP contribution is 2.45. The number of nitrogens with one attached hydrogen (secondary N) is 2. The van der Waals surface area contributed by atoms with E-state index >= 15 is 0 Å². The molecule has 0 unspecified atom stereocenters. The molecule has 1 aliphatic rings. The van der Waals surface area contributed by atoms with Gasteiger partial charge in [0.15, 0.2) is 11.6 Å². The lowest BCUT2D eigenvalue weighted by atomic mass is 9.97. The highest BCUT2D eigenvalue weighted by Gasteiger charge is 2.43.